The second-order valence-corrected chi connectivity index (χ2v) is 3.91. The summed E-state index contributed by atoms with van der Waals surface area (Å²) in [6.07, 6.45) is -3.54. The Bertz CT molecular complexity index is 650. The summed E-state index contributed by atoms with van der Waals surface area (Å²) in [7, 11) is 1.48. The van der Waals surface area contributed by atoms with Crippen LogP contribution in [0.5, 0.6) is 5.75 Å². The average Bonchev–Trinajstić information content (AvgIpc) is 2.70. The Hall–Kier alpha value is -2.51. The van der Waals surface area contributed by atoms with Gasteiger partial charge in [-0.25, -0.2) is 4.79 Å². The molecule has 0 unspecified atom stereocenters. The van der Waals surface area contributed by atoms with E-state index in [0.717, 1.165) is 6.07 Å². The molecule has 1 heterocycles. The van der Waals surface area contributed by atoms with Gasteiger partial charge in [0.1, 0.15) is 5.75 Å². The normalized spacial score (nSPS) is 11.4. The molecule has 0 spiro atoms. The lowest BCUT2D eigenvalue weighted by atomic mass is 10.1. The molecule has 8 heteroatoms. The van der Waals surface area contributed by atoms with Crippen molar-refractivity contribution in [1.82, 2.24) is 9.78 Å². The van der Waals surface area contributed by atoms with Gasteiger partial charge >= 0.3 is 12.3 Å². The molecule has 2 rings (SSSR count). The molecule has 0 aliphatic heterocycles. The minimum Gasteiger partial charge on any atom is -0.476 e. The summed E-state index contributed by atoms with van der Waals surface area (Å²) in [5, 5.41) is 12.7. The zero-order chi connectivity index (χ0) is 14.9. The fraction of sp³-hybridized carbons (Fsp3) is 0.167. The minimum atomic E-state index is -4.86. The van der Waals surface area contributed by atoms with Crippen molar-refractivity contribution in [3.05, 3.63) is 36.2 Å². The number of hydrogen-bond acceptors (Lipinski definition) is 3. The highest BCUT2D eigenvalue weighted by molar-refractivity contribution is 5.94. The molecule has 20 heavy (non-hydrogen) atoms. The van der Waals surface area contributed by atoms with Gasteiger partial charge in [-0.15, -0.1) is 13.2 Å². The quantitative estimate of drug-likeness (QED) is 0.942. The van der Waals surface area contributed by atoms with Gasteiger partial charge in [-0.3, -0.25) is 4.68 Å². The molecule has 0 saturated heterocycles. The Balaban J connectivity index is 2.56. The van der Waals surface area contributed by atoms with E-state index in [0.29, 0.717) is 0 Å². The van der Waals surface area contributed by atoms with E-state index in [1.54, 1.807) is 0 Å². The zero-order valence-corrected chi connectivity index (χ0v) is 10.2. The second kappa shape index (κ2) is 4.87. The molecule has 106 valence electrons. The Kier molecular flexibility index (Phi) is 3.39. The van der Waals surface area contributed by atoms with Crippen LogP contribution in [-0.4, -0.2) is 27.2 Å². The highest BCUT2D eigenvalue weighted by Gasteiger charge is 2.32. The fourth-order valence-electron chi connectivity index (χ4n) is 1.75. The maximum Gasteiger partial charge on any atom is 0.573 e. The lowest BCUT2D eigenvalue weighted by molar-refractivity contribution is -0.274. The number of carboxylic acid groups (broad SMARTS) is 1. The van der Waals surface area contributed by atoms with Crippen LogP contribution in [0.2, 0.25) is 0 Å². The van der Waals surface area contributed by atoms with E-state index < -0.39 is 18.1 Å². The third kappa shape index (κ3) is 2.90. The van der Waals surface area contributed by atoms with Crippen molar-refractivity contribution in [3.8, 4) is 16.9 Å². The number of ether oxygens (including phenoxy) is 1. The summed E-state index contributed by atoms with van der Waals surface area (Å²) >= 11 is 0. The molecule has 0 atom stereocenters. The lowest BCUT2D eigenvalue weighted by Gasteiger charge is -2.12. The summed E-state index contributed by atoms with van der Waals surface area (Å²) in [5.41, 5.74) is -0.277. The molecule has 1 aromatic carbocycles. The molecular formula is C12H9F3N2O3. The Morgan fingerprint density at radius 1 is 1.30 bits per heavy atom. The maximum absolute atomic E-state index is 12.3. The molecule has 0 saturated carbocycles. The van der Waals surface area contributed by atoms with Gasteiger partial charge in [-0.05, 0) is 6.07 Å². The molecule has 1 aromatic heterocycles. The van der Waals surface area contributed by atoms with Gasteiger partial charge in [0.25, 0.3) is 0 Å². The van der Waals surface area contributed by atoms with Gasteiger partial charge in [-0.1, -0.05) is 18.2 Å². The summed E-state index contributed by atoms with van der Waals surface area (Å²) in [6.45, 7) is 0. The van der Waals surface area contributed by atoms with E-state index in [-0.39, 0.29) is 16.8 Å². The first-order valence-electron chi connectivity index (χ1n) is 5.40. The van der Waals surface area contributed by atoms with Gasteiger partial charge in [0.15, 0.2) is 5.69 Å². The number of carbonyl (C=O) groups is 1. The Labute approximate surface area is 111 Å². The second-order valence-electron chi connectivity index (χ2n) is 3.91. The summed E-state index contributed by atoms with van der Waals surface area (Å²) in [6, 6.07) is 5.30. The number of rotatable bonds is 3. The van der Waals surface area contributed by atoms with Gasteiger partial charge in [0.05, 0.1) is 0 Å². The highest BCUT2D eigenvalue weighted by Crippen LogP contribution is 2.35. The molecule has 0 fully saturated rings. The third-order valence-electron chi connectivity index (χ3n) is 2.43. The van der Waals surface area contributed by atoms with Crippen LogP contribution >= 0.6 is 0 Å². The summed E-state index contributed by atoms with van der Waals surface area (Å²) < 4.78 is 42.1. The average molecular weight is 286 g/mol. The van der Waals surface area contributed by atoms with Crippen LogP contribution in [0.4, 0.5) is 13.2 Å². The van der Waals surface area contributed by atoms with Gasteiger partial charge in [-0.2, -0.15) is 5.10 Å². The van der Waals surface area contributed by atoms with Crippen molar-refractivity contribution in [2.45, 2.75) is 6.36 Å². The van der Waals surface area contributed by atoms with E-state index in [2.05, 4.69) is 9.84 Å². The number of aryl methyl sites for hydroxylation is 1. The first-order valence-corrected chi connectivity index (χ1v) is 5.40. The topological polar surface area (TPSA) is 64.3 Å². The summed E-state index contributed by atoms with van der Waals surface area (Å²) in [5.74, 6) is -1.81. The van der Waals surface area contributed by atoms with E-state index in [4.69, 9.17) is 5.11 Å². The van der Waals surface area contributed by atoms with E-state index in [1.165, 1.54) is 36.1 Å². The maximum atomic E-state index is 12.3. The molecule has 0 aliphatic rings. The van der Waals surface area contributed by atoms with E-state index >= 15 is 0 Å². The van der Waals surface area contributed by atoms with E-state index in [9.17, 15) is 18.0 Å². The van der Waals surface area contributed by atoms with E-state index in [1.807, 2.05) is 0 Å². The Morgan fingerprint density at radius 3 is 2.55 bits per heavy atom. The van der Waals surface area contributed by atoms with Crippen LogP contribution in [0, 0.1) is 0 Å². The van der Waals surface area contributed by atoms with Gasteiger partial charge in [0, 0.05) is 24.4 Å². The number of alkyl halides is 3. The number of carboxylic acids is 1. The molecule has 5 nitrogen and oxygen atoms in total. The van der Waals surface area contributed by atoms with Crippen molar-refractivity contribution >= 4 is 5.97 Å². The third-order valence-corrected chi connectivity index (χ3v) is 2.43. The smallest absolute Gasteiger partial charge is 0.476 e. The Morgan fingerprint density at radius 2 is 1.95 bits per heavy atom. The molecule has 0 amide bonds. The fourth-order valence-corrected chi connectivity index (χ4v) is 1.75. The van der Waals surface area contributed by atoms with Crippen molar-refractivity contribution in [2.75, 3.05) is 0 Å². The van der Waals surface area contributed by atoms with Crippen LogP contribution in [0.25, 0.3) is 11.1 Å². The molecular weight excluding hydrogens is 277 g/mol. The number of hydrogen-bond donors (Lipinski definition) is 1. The highest BCUT2D eigenvalue weighted by atomic mass is 19.4. The monoisotopic (exact) mass is 286 g/mol. The zero-order valence-electron chi connectivity index (χ0n) is 10.2. The van der Waals surface area contributed by atoms with Gasteiger partial charge < -0.3 is 9.84 Å². The first-order chi connectivity index (χ1) is 9.28. The van der Waals surface area contributed by atoms with Gasteiger partial charge in [0.2, 0.25) is 0 Å². The minimum absolute atomic E-state index is 0.00956. The predicted molar refractivity (Wildman–Crippen MR) is 62.3 cm³/mol. The largest absolute Gasteiger partial charge is 0.573 e. The molecule has 2 aromatic rings. The van der Waals surface area contributed by atoms with Crippen LogP contribution < -0.4 is 4.74 Å². The molecule has 0 aliphatic carbocycles. The standard InChI is InChI=1S/C12H9F3N2O3/c1-17-6-8(10(16-17)11(18)19)7-4-2-3-5-9(7)20-12(13,14)15/h2-6H,1H3,(H,18,19). The van der Waals surface area contributed by atoms with Crippen LogP contribution in [0.15, 0.2) is 30.5 Å². The van der Waals surface area contributed by atoms with Crippen LogP contribution in [-0.2, 0) is 7.05 Å². The summed E-state index contributed by atoms with van der Waals surface area (Å²) in [4.78, 5) is 11.1. The van der Waals surface area contributed by atoms with Crippen molar-refractivity contribution in [3.63, 3.8) is 0 Å². The van der Waals surface area contributed by atoms with Crippen LogP contribution in [0.3, 0.4) is 0 Å². The predicted octanol–water partition coefficient (Wildman–Crippen LogP) is 2.68. The van der Waals surface area contributed by atoms with Crippen LogP contribution in [0.1, 0.15) is 10.5 Å². The molecule has 0 bridgehead atoms. The lowest BCUT2D eigenvalue weighted by Crippen LogP contribution is -2.17. The number of aromatic nitrogens is 2. The number of halogens is 3. The number of benzene rings is 1. The number of aromatic carboxylic acids is 1. The van der Waals surface area contributed by atoms with Crippen molar-refractivity contribution < 1.29 is 27.8 Å². The van der Waals surface area contributed by atoms with Crippen molar-refractivity contribution in [1.29, 1.82) is 0 Å². The van der Waals surface area contributed by atoms with Crippen molar-refractivity contribution in [2.24, 2.45) is 7.05 Å². The number of para-hydroxylation sites is 1. The first kappa shape index (κ1) is 13.9. The molecule has 1 N–H and O–H groups in total. The molecule has 0 radical (unpaired) electrons. The SMILES string of the molecule is Cn1cc(-c2ccccc2OC(F)(F)F)c(C(=O)O)n1. The number of nitrogens with zero attached hydrogens (tertiary/aromatic N) is 2.